The molecule has 2 fully saturated rings. The molecule has 2 aliphatic rings. The highest BCUT2D eigenvalue weighted by Crippen LogP contribution is 2.37. The highest BCUT2D eigenvalue weighted by atomic mass is 16.6. The SMILES string of the molecule is c1ccc(CN2CCC3(CC2)CC(OCc2ccncc2)CO3)cc1. The Morgan fingerprint density at radius 2 is 1.80 bits per heavy atom. The van der Waals surface area contributed by atoms with Crippen molar-refractivity contribution >= 4 is 0 Å². The van der Waals surface area contributed by atoms with E-state index in [1.54, 1.807) is 0 Å². The highest BCUT2D eigenvalue weighted by molar-refractivity contribution is 5.14. The van der Waals surface area contributed by atoms with Crippen LogP contribution in [0.2, 0.25) is 0 Å². The van der Waals surface area contributed by atoms with Crippen molar-refractivity contribution in [3.05, 3.63) is 66.0 Å². The van der Waals surface area contributed by atoms with E-state index in [1.165, 1.54) is 11.1 Å². The van der Waals surface area contributed by atoms with E-state index < -0.39 is 0 Å². The summed E-state index contributed by atoms with van der Waals surface area (Å²) >= 11 is 0. The zero-order valence-electron chi connectivity index (χ0n) is 14.6. The maximum absolute atomic E-state index is 6.22. The first kappa shape index (κ1) is 16.7. The molecule has 2 aliphatic heterocycles. The van der Waals surface area contributed by atoms with Crippen LogP contribution in [0, 0.1) is 0 Å². The molecule has 132 valence electrons. The number of ether oxygens (including phenoxy) is 2. The van der Waals surface area contributed by atoms with Gasteiger partial charge < -0.3 is 9.47 Å². The standard InChI is InChI=1S/C21H26N2O2/c1-2-4-18(5-3-1)15-23-12-8-21(9-13-23)14-20(17-25-21)24-16-19-6-10-22-11-7-19/h1-7,10-11,20H,8-9,12-17H2. The van der Waals surface area contributed by atoms with Gasteiger partial charge in [0.05, 0.1) is 24.9 Å². The van der Waals surface area contributed by atoms with Gasteiger partial charge in [0.15, 0.2) is 0 Å². The van der Waals surface area contributed by atoms with Crippen molar-refractivity contribution in [1.82, 2.24) is 9.88 Å². The Balaban J connectivity index is 1.24. The summed E-state index contributed by atoms with van der Waals surface area (Å²) in [4.78, 5) is 6.58. The minimum absolute atomic E-state index is 0.0378. The molecule has 2 aromatic rings. The number of likely N-dealkylation sites (tertiary alicyclic amines) is 1. The molecule has 25 heavy (non-hydrogen) atoms. The van der Waals surface area contributed by atoms with Crippen molar-refractivity contribution in [2.75, 3.05) is 19.7 Å². The Kier molecular flexibility index (Phi) is 5.11. The van der Waals surface area contributed by atoms with E-state index in [-0.39, 0.29) is 11.7 Å². The molecule has 1 spiro atoms. The molecule has 4 heteroatoms. The average molecular weight is 338 g/mol. The zero-order chi connectivity index (χ0) is 17.0. The summed E-state index contributed by atoms with van der Waals surface area (Å²) in [5.41, 5.74) is 2.61. The molecule has 4 nitrogen and oxygen atoms in total. The van der Waals surface area contributed by atoms with Crippen LogP contribution in [0.25, 0.3) is 0 Å². The lowest BCUT2D eigenvalue weighted by molar-refractivity contribution is -0.0468. The number of pyridine rings is 1. The molecule has 3 heterocycles. The summed E-state index contributed by atoms with van der Waals surface area (Å²) < 4.78 is 12.3. The molecule has 0 N–H and O–H groups in total. The molecule has 0 amide bonds. The average Bonchev–Trinajstić information content (AvgIpc) is 3.07. The molecule has 0 aliphatic carbocycles. The molecular formula is C21H26N2O2. The van der Waals surface area contributed by atoms with Crippen LogP contribution in [0.15, 0.2) is 54.9 Å². The maximum Gasteiger partial charge on any atom is 0.0840 e. The summed E-state index contributed by atoms with van der Waals surface area (Å²) in [6.45, 7) is 4.62. The van der Waals surface area contributed by atoms with Crippen LogP contribution in [0.3, 0.4) is 0 Å². The molecule has 1 unspecified atom stereocenters. The van der Waals surface area contributed by atoms with Crippen molar-refractivity contribution in [3.8, 4) is 0 Å². The third kappa shape index (κ3) is 4.27. The number of benzene rings is 1. The Bertz CT molecular complexity index is 654. The first-order chi connectivity index (χ1) is 12.3. The van der Waals surface area contributed by atoms with Crippen LogP contribution in [0.5, 0.6) is 0 Å². The number of aromatic nitrogens is 1. The predicted octanol–water partition coefficient (Wildman–Crippen LogP) is 3.42. The first-order valence-electron chi connectivity index (χ1n) is 9.22. The summed E-state index contributed by atoms with van der Waals surface area (Å²) in [6.07, 6.45) is 7.08. The minimum atomic E-state index is 0.0378. The van der Waals surface area contributed by atoms with Crippen LogP contribution in [-0.4, -0.2) is 41.3 Å². The van der Waals surface area contributed by atoms with Crippen molar-refractivity contribution in [2.45, 2.75) is 44.1 Å². The van der Waals surface area contributed by atoms with Crippen LogP contribution in [0.1, 0.15) is 30.4 Å². The lowest BCUT2D eigenvalue weighted by atomic mass is 9.88. The van der Waals surface area contributed by atoms with E-state index >= 15 is 0 Å². The van der Waals surface area contributed by atoms with Gasteiger partial charge in [-0.1, -0.05) is 30.3 Å². The van der Waals surface area contributed by atoms with Gasteiger partial charge in [-0.25, -0.2) is 0 Å². The summed E-state index contributed by atoms with van der Waals surface area (Å²) in [5, 5.41) is 0. The molecule has 2 saturated heterocycles. The Morgan fingerprint density at radius 3 is 2.56 bits per heavy atom. The van der Waals surface area contributed by atoms with E-state index in [2.05, 4.69) is 40.2 Å². The van der Waals surface area contributed by atoms with Crippen molar-refractivity contribution in [3.63, 3.8) is 0 Å². The maximum atomic E-state index is 6.22. The monoisotopic (exact) mass is 338 g/mol. The van der Waals surface area contributed by atoms with Crippen LogP contribution in [-0.2, 0) is 22.6 Å². The molecular weight excluding hydrogens is 312 g/mol. The Morgan fingerprint density at radius 1 is 1.04 bits per heavy atom. The fourth-order valence-corrected chi connectivity index (χ4v) is 3.91. The second-order valence-corrected chi connectivity index (χ2v) is 7.25. The molecule has 0 radical (unpaired) electrons. The van der Waals surface area contributed by atoms with Crippen LogP contribution >= 0.6 is 0 Å². The van der Waals surface area contributed by atoms with E-state index in [1.807, 2.05) is 24.5 Å². The van der Waals surface area contributed by atoms with Gasteiger partial charge in [-0.3, -0.25) is 9.88 Å². The van der Waals surface area contributed by atoms with Gasteiger partial charge in [0.2, 0.25) is 0 Å². The third-order valence-electron chi connectivity index (χ3n) is 5.43. The van der Waals surface area contributed by atoms with Gasteiger partial charge in [-0.05, 0) is 36.1 Å². The second-order valence-electron chi connectivity index (χ2n) is 7.25. The van der Waals surface area contributed by atoms with Crippen molar-refractivity contribution < 1.29 is 9.47 Å². The molecule has 0 bridgehead atoms. The van der Waals surface area contributed by atoms with E-state index in [9.17, 15) is 0 Å². The van der Waals surface area contributed by atoms with Gasteiger partial charge in [0.25, 0.3) is 0 Å². The minimum Gasteiger partial charge on any atom is -0.372 e. The zero-order valence-corrected chi connectivity index (χ0v) is 14.6. The topological polar surface area (TPSA) is 34.6 Å². The predicted molar refractivity (Wildman–Crippen MR) is 97.1 cm³/mol. The van der Waals surface area contributed by atoms with E-state index in [4.69, 9.17) is 9.47 Å². The third-order valence-corrected chi connectivity index (χ3v) is 5.43. The second kappa shape index (κ2) is 7.65. The van der Waals surface area contributed by atoms with Gasteiger partial charge in [-0.2, -0.15) is 0 Å². The number of hydrogen-bond acceptors (Lipinski definition) is 4. The molecule has 1 aromatic heterocycles. The number of hydrogen-bond donors (Lipinski definition) is 0. The molecule has 1 aromatic carbocycles. The van der Waals surface area contributed by atoms with Gasteiger partial charge in [0, 0.05) is 38.4 Å². The smallest absolute Gasteiger partial charge is 0.0840 e. The largest absolute Gasteiger partial charge is 0.372 e. The van der Waals surface area contributed by atoms with E-state index in [0.717, 1.165) is 45.5 Å². The van der Waals surface area contributed by atoms with Crippen molar-refractivity contribution in [1.29, 1.82) is 0 Å². The van der Waals surface area contributed by atoms with Crippen LogP contribution < -0.4 is 0 Å². The number of piperidine rings is 1. The molecule has 4 rings (SSSR count). The van der Waals surface area contributed by atoms with Gasteiger partial charge in [0.1, 0.15) is 0 Å². The van der Waals surface area contributed by atoms with Crippen LogP contribution in [0.4, 0.5) is 0 Å². The number of nitrogens with zero attached hydrogens (tertiary/aromatic N) is 2. The van der Waals surface area contributed by atoms with E-state index in [0.29, 0.717) is 6.61 Å². The molecule has 1 atom stereocenters. The van der Waals surface area contributed by atoms with Gasteiger partial charge >= 0.3 is 0 Å². The summed E-state index contributed by atoms with van der Waals surface area (Å²) in [6, 6.07) is 14.7. The summed E-state index contributed by atoms with van der Waals surface area (Å²) in [5.74, 6) is 0. The molecule has 0 saturated carbocycles. The Hall–Kier alpha value is -1.75. The quantitative estimate of drug-likeness (QED) is 0.837. The Labute approximate surface area is 149 Å². The fraction of sp³-hybridized carbons (Fsp3) is 0.476. The fourth-order valence-electron chi connectivity index (χ4n) is 3.91. The highest BCUT2D eigenvalue weighted by Gasteiger charge is 2.43. The first-order valence-corrected chi connectivity index (χ1v) is 9.22. The summed E-state index contributed by atoms with van der Waals surface area (Å²) in [7, 11) is 0. The lowest BCUT2D eigenvalue weighted by Crippen LogP contribution is -2.43. The normalized spacial score (nSPS) is 23.1. The lowest BCUT2D eigenvalue weighted by Gasteiger charge is -2.38. The number of rotatable bonds is 5. The van der Waals surface area contributed by atoms with Crippen molar-refractivity contribution in [2.24, 2.45) is 0 Å². The van der Waals surface area contributed by atoms with Gasteiger partial charge in [-0.15, -0.1) is 0 Å².